The van der Waals surface area contributed by atoms with E-state index in [0.717, 1.165) is 30.6 Å². The Balaban J connectivity index is 2.20. The van der Waals surface area contributed by atoms with Crippen LogP contribution in [0, 0.1) is 0 Å². The lowest BCUT2D eigenvalue weighted by Crippen LogP contribution is -2.45. The van der Waals surface area contributed by atoms with Gasteiger partial charge in [-0.1, -0.05) is 17.8 Å². The van der Waals surface area contributed by atoms with E-state index < -0.39 is 10.0 Å². The fourth-order valence-electron chi connectivity index (χ4n) is 2.04. The lowest BCUT2D eigenvalue weighted by molar-refractivity contribution is -0.114. The molecule has 1 aliphatic carbocycles. The minimum absolute atomic E-state index is 0.0228. The van der Waals surface area contributed by atoms with Crippen LogP contribution < -0.4 is 11.1 Å². The standard InChI is InChI=1S/C11H19N5O3S2/c1-8(17)13-10-14-15-11(20-10)21(18,19)16(7-3-6-12)9-4-2-5-9/h9H,2-7,12H2,1H3,(H,13,14,17). The number of carbonyl (C=O) groups is 1. The Morgan fingerprint density at radius 1 is 1.48 bits per heavy atom. The van der Waals surface area contributed by atoms with Gasteiger partial charge >= 0.3 is 0 Å². The molecule has 3 N–H and O–H groups in total. The monoisotopic (exact) mass is 333 g/mol. The van der Waals surface area contributed by atoms with Crippen LogP contribution in [0.1, 0.15) is 32.6 Å². The van der Waals surface area contributed by atoms with Crippen molar-refractivity contribution in [3.05, 3.63) is 0 Å². The van der Waals surface area contributed by atoms with Crippen LogP contribution in [-0.4, -0.2) is 48.0 Å². The first-order chi connectivity index (χ1) is 9.95. The van der Waals surface area contributed by atoms with E-state index in [4.69, 9.17) is 5.73 Å². The van der Waals surface area contributed by atoms with Crippen molar-refractivity contribution in [2.24, 2.45) is 5.73 Å². The third-order valence-corrected chi connectivity index (χ3v) is 6.42. The number of hydrogen-bond donors (Lipinski definition) is 2. The molecule has 1 heterocycles. The zero-order valence-electron chi connectivity index (χ0n) is 11.8. The maximum atomic E-state index is 12.7. The molecular weight excluding hydrogens is 314 g/mol. The van der Waals surface area contributed by atoms with E-state index in [2.05, 4.69) is 15.5 Å². The number of amides is 1. The SMILES string of the molecule is CC(=O)Nc1nnc(S(=O)(=O)N(CCCN)C2CCC2)s1. The fourth-order valence-corrected chi connectivity index (χ4v) is 4.82. The molecule has 0 unspecified atom stereocenters. The summed E-state index contributed by atoms with van der Waals surface area (Å²) in [6.45, 7) is 2.15. The second-order valence-corrected chi connectivity index (χ2v) is 7.94. The molecule has 8 nitrogen and oxygen atoms in total. The summed E-state index contributed by atoms with van der Waals surface area (Å²) >= 11 is 0.867. The van der Waals surface area contributed by atoms with Gasteiger partial charge < -0.3 is 11.1 Å². The van der Waals surface area contributed by atoms with Gasteiger partial charge in [-0.15, -0.1) is 10.2 Å². The van der Waals surface area contributed by atoms with Crippen LogP contribution in [0.5, 0.6) is 0 Å². The van der Waals surface area contributed by atoms with E-state index in [1.807, 2.05) is 0 Å². The Bertz CT molecular complexity index is 597. The summed E-state index contributed by atoms with van der Waals surface area (Å²) in [7, 11) is -3.68. The number of nitrogens with two attached hydrogens (primary N) is 1. The third kappa shape index (κ3) is 3.76. The number of aromatic nitrogens is 2. The normalized spacial score (nSPS) is 16.0. The van der Waals surface area contributed by atoms with Gasteiger partial charge in [0.05, 0.1) is 0 Å². The Morgan fingerprint density at radius 2 is 2.19 bits per heavy atom. The fraction of sp³-hybridized carbons (Fsp3) is 0.727. The minimum atomic E-state index is -3.68. The van der Waals surface area contributed by atoms with Crippen molar-refractivity contribution in [1.29, 1.82) is 0 Å². The number of nitrogens with zero attached hydrogens (tertiary/aromatic N) is 3. The van der Waals surface area contributed by atoms with E-state index in [-0.39, 0.29) is 21.4 Å². The molecule has 2 rings (SSSR count). The summed E-state index contributed by atoms with van der Waals surface area (Å²) in [4.78, 5) is 11.0. The van der Waals surface area contributed by atoms with Crippen molar-refractivity contribution in [3.8, 4) is 0 Å². The van der Waals surface area contributed by atoms with Gasteiger partial charge in [-0.05, 0) is 25.8 Å². The molecule has 1 amide bonds. The first-order valence-electron chi connectivity index (χ1n) is 6.78. The van der Waals surface area contributed by atoms with Gasteiger partial charge in [-0.3, -0.25) is 4.79 Å². The Kier molecular flexibility index (Phi) is 5.25. The molecule has 0 saturated heterocycles. The van der Waals surface area contributed by atoms with Gasteiger partial charge in [-0.2, -0.15) is 4.31 Å². The lowest BCUT2D eigenvalue weighted by atomic mass is 9.93. The van der Waals surface area contributed by atoms with Gasteiger partial charge in [0.1, 0.15) is 0 Å². The molecule has 1 aliphatic rings. The summed E-state index contributed by atoms with van der Waals surface area (Å²) in [6, 6.07) is 0.0228. The van der Waals surface area contributed by atoms with Crippen molar-refractivity contribution in [3.63, 3.8) is 0 Å². The lowest BCUT2D eigenvalue weighted by Gasteiger charge is -2.35. The Labute approximate surface area is 127 Å². The molecule has 0 atom stereocenters. The predicted molar refractivity (Wildman–Crippen MR) is 79.4 cm³/mol. The highest BCUT2D eigenvalue weighted by Crippen LogP contribution is 2.31. The van der Waals surface area contributed by atoms with E-state index in [1.165, 1.54) is 11.2 Å². The maximum absolute atomic E-state index is 12.7. The van der Waals surface area contributed by atoms with E-state index in [0.29, 0.717) is 19.5 Å². The predicted octanol–water partition coefficient (Wildman–Crippen LogP) is 0.388. The van der Waals surface area contributed by atoms with Gasteiger partial charge in [-0.25, -0.2) is 8.42 Å². The van der Waals surface area contributed by atoms with Crippen molar-refractivity contribution < 1.29 is 13.2 Å². The maximum Gasteiger partial charge on any atom is 0.272 e. The summed E-state index contributed by atoms with van der Waals surface area (Å²) in [5.74, 6) is -0.311. The number of sulfonamides is 1. The number of carbonyl (C=O) groups excluding carboxylic acids is 1. The van der Waals surface area contributed by atoms with Crippen molar-refractivity contribution in [1.82, 2.24) is 14.5 Å². The zero-order valence-corrected chi connectivity index (χ0v) is 13.4. The molecule has 0 spiro atoms. The molecule has 1 saturated carbocycles. The van der Waals surface area contributed by atoms with Crippen LogP contribution in [-0.2, 0) is 14.8 Å². The molecule has 1 fully saturated rings. The molecule has 10 heteroatoms. The second kappa shape index (κ2) is 6.77. The number of rotatable bonds is 7. The van der Waals surface area contributed by atoms with E-state index >= 15 is 0 Å². The van der Waals surface area contributed by atoms with Gasteiger partial charge in [0.25, 0.3) is 10.0 Å². The smallest absolute Gasteiger partial charge is 0.272 e. The molecule has 0 aromatic carbocycles. The average Bonchev–Trinajstić information content (AvgIpc) is 2.80. The van der Waals surface area contributed by atoms with Crippen LogP contribution in [0.3, 0.4) is 0 Å². The van der Waals surface area contributed by atoms with Crippen molar-refractivity contribution in [2.75, 3.05) is 18.4 Å². The van der Waals surface area contributed by atoms with E-state index in [1.54, 1.807) is 0 Å². The molecule has 118 valence electrons. The van der Waals surface area contributed by atoms with Crippen LogP contribution in [0.2, 0.25) is 0 Å². The molecule has 0 bridgehead atoms. The number of hydrogen-bond acceptors (Lipinski definition) is 7. The summed E-state index contributed by atoms with van der Waals surface area (Å²) in [5.41, 5.74) is 5.48. The number of anilines is 1. The highest BCUT2D eigenvalue weighted by atomic mass is 32.2. The van der Waals surface area contributed by atoms with E-state index in [9.17, 15) is 13.2 Å². The molecule has 1 aromatic rings. The van der Waals surface area contributed by atoms with Crippen LogP contribution in [0.4, 0.5) is 5.13 Å². The van der Waals surface area contributed by atoms with Crippen LogP contribution in [0.25, 0.3) is 0 Å². The van der Waals surface area contributed by atoms with Crippen LogP contribution >= 0.6 is 11.3 Å². The quantitative estimate of drug-likeness (QED) is 0.697. The molecule has 21 heavy (non-hydrogen) atoms. The van der Waals surface area contributed by atoms with Gasteiger partial charge in [0.15, 0.2) is 0 Å². The van der Waals surface area contributed by atoms with Crippen molar-refractivity contribution >= 4 is 32.4 Å². The Morgan fingerprint density at radius 3 is 2.71 bits per heavy atom. The third-order valence-electron chi connectivity index (χ3n) is 3.28. The molecule has 0 aliphatic heterocycles. The van der Waals surface area contributed by atoms with Gasteiger partial charge in [0, 0.05) is 19.5 Å². The largest absolute Gasteiger partial charge is 0.330 e. The summed E-state index contributed by atoms with van der Waals surface area (Å²) < 4.78 is 26.7. The minimum Gasteiger partial charge on any atom is -0.330 e. The van der Waals surface area contributed by atoms with Crippen molar-refractivity contribution in [2.45, 2.75) is 43.0 Å². The summed E-state index contributed by atoms with van der Waals surface area (Å²) in [6.07, 6.45) is 3.36. The highest BCUT2D eigenvalue weighted by Gasteiger charge is 2.36. The number of nitrogens with one attached hydrogen (secondary N) is 1. The average molecular weight is 333 g/mol. The second-order valence-electron chi connectivity index (χ2n) is 4.90. The first kappa shape index (κ1) is 16.3. The molecule has 0 radical (unpaired) electrons. The van der Waals surface area contributed by atoms with Crippen LogP contribution in [0.15, 0.2) is 4.34 Å². The molecule has 1 aromatic heterocycles. The van der Waals surface area contributed by atoms with Gasteiger partial charge in [0.2, 0.25) is 15.4 Å². The molecular formula is C11H19N5O3S2. The summed E-state index contributed by atoms with van der Waals surface area (Å²) in [5, 5.41) is 10.0. The highest BCUT2D eigenvalue weighted by molar-refractivity contribution is 7.91. The topological polar surface area (TPSA) is 118 Å². The zero-order chi connectivity index (χ0) is 15.5. The Hall–Kier alpha value is -1.10. The first-order valence-corrected chi connectivity index (χ1v) is 9.04.